The van der Waals surface area contributed by atoms with Crippen molar-refractivity contribution in [3.8, 4) is 17.2 Å². The number of hydrogen-bond acceptors (Lipinski definition) is 6. The Balaban J connectivity index is 2.51. The molecule has 0 aromatic heterocycles. The highest BCUT2D eigenvalue weighted by atomic mass is 16.6. The molecule has 6 heteroatoms. The number of ether oxygens (including phenoxy) is 4. The molecule has 0 radical (unpaired) electrons. The number of esters is 1. The minimum atomic E-state index is -0.662. The monoisotopic (exact) mass is 294 g/mol. The molecule has 0 bridgehead atoms. The molecule has 1 aromatic rings. The van der Waals surface area contributed by atoms with Crippen molar-refractivity contribution in [3.05, 3.63) is 17.7 Å². The van der Waals surface area contributed by atoms with E-state index in [1.54, 1.807) is 12.1 Å². The van der Waals surface area contributed by atoms with Crippen LogP contribution in [0, 0.1) is 5.92 Å². The third kappa shape index (κ3) is 2.79. The molecule has 2 atom stereocenters. The van der Waals surface area contributed by atoms with Gasteiger partial charge in [-0.2, -0.15) is 0 Å². The zero-order chi connectivity index (χ0) is 15.6. The van der Waals surface area contributed by atoms with Gasteiger partial charge >= 0.3 is 5.97 Å². The maximum Gasteiger partial charge on any atom is 0.307 e. The lowest BCUT2D eigenvalue weighted by molar-refractivity contribution is -0.141. The predicted molar refractivity (Wildman–Crippen MR) is 73.7 cm³/mol. The maximum atomic E-state index is 11.7. The molecule has 6 nitrogen and oxygen atoms in total. The summed E-state index contributed by atoms with van der Waals surface area (Å²) in [4.78, 5) is 23.3. The first kappa shape index (κ1) is 15.2. The van der Waals surface area contributed by atoms with Crippen LogP contribution in [-0.4, -0.2) is 33.1 Å². The summed E-state index contributed by atoms with van der Waals surface area (Å²) in [5.74, 6) is 0.475. The number of methoxy groups -OCH3 is 3. The van der Waals surface area contributed by atoms with E-state index in [9.17, 15) is 9.59 Å². The van der Waals surface area contributed by atoms with Gasteiger partial charge in [0.15, 0.2) is 11.5 Å². The molecule has 0 unspecified atom stereocenters. The van der Waals surface area contributed by atoms with Crippen molar-refractivity contribution in [2.75, 3.05) is 21.3 Å². The molecule has 0 aliphatic carbocycles. The molecule has 0 spiro atoms. The molecule has 1 aliphatic rings. The van der Waals surface area contributed by atoms with Crippen LogP contribution in [0.4, 0.5) is 0 Å². The molecule has 1 aliphatic heterocycles. The summed E-state index contributed by atoms with van der Waals surface area (Å²) in [5.41, 5.74) is 0.598. The molecule has 0 amide bonds. The second-order valence-corrected chi connectivity index (χ2v) is 4.78. The first-order chi connectivity index (χ1) is 10.0. The van der Waals surface area contributed by atoms with Gasteiger partial charge in [-0.1, -0.05) is 0 Å². The van der Waals surface area contributed by atoms with E-state index >= 15 is 0 Å². The molecule has 1 saturated heterocycles. The van der Waals surface area contributed by atoms with Crippen molar-refractivity contribution in [2.45, 2.75) is 19.4 Å². The lowest BCUT2D eigenvalue weighted by Crippen LogP contribution is -2.16. The van der Waals surface area contributed by atoms with E-state index in [0.29, 0.717) is 22.8 Å². The molecule has 1 fully saturated rings. The van der Waals surface area contributed by atoms with Crippen LogP contribution in [0.5, 0.6) is 17.2 Å². The van der Waals surface area contributed by atoms with E-state index in [-0.39, 0.29) is 12.2 Å². The fourth-order valence-electron chi connectivity index (χ4n) is 2.47. The maximum absolute atomic E-state index is 11.7. The zero-order valence-electron chi connectivity index (χ0n) is 12.5. The molecule has 114 valence electrons. The second-order valence-electron chi connectivity index (χ2n) is 4.78. The Bertz CT molecular complexity index is 566. The van der Waals surface area contributed by atoms with E-state index in [2.05, 4.69) is 0 Å². The fourth-order valence-corrected chi connectivity index (χ4v) is 2.47. The molecule has 0 N–H and O–H groups in total. The van der Waals surface area contributed by atoms with E-state index in [4.69, 9.17) is 18.9 Å². The fraction of sp³-hybridized carbons (Fsp3) is 0.467. The van der Waals surface area contributed by atoms with E-state index in [0.717, 1.165) is 0 Å². The highest BCUT2D eigenvalue weighted by molar-refractivity contribution is 5.87. The Kier molecular flexibility index (Phi) is 4.35. The number of cyclic esters (lactones) is 1. The van der Waals surface area contributed by atoms with Gasteiger partial charge in [-0.05, 0) is 13.0 Å². The van der Waals surface area contributed by atoms with Gasteiger partial charge in [0, 0.05) is 11.6 Å². The Morgan fingerprint density at radius 3 is 2.19 bits per heavy atom. The molecule has 21 heavy (non-hydrogen) atoms. The van der Waals surface area contributed by atoms with Crippen LogP contribution in [-0.2, 0) is 14.3 Å². The summed E-state index contributed by atoms with van der Waals surface area (Å²) < 4.78 is 21.1. The summed E-state index contributed by atoms with van der Waals surface area (Å²) in [5, 5.41) is 0. The van der Waals surface area contributed by atoms with E-state index in [1.165, 1.54) is 28.3 Å². The molecule has 1 heterocycles. The smallest absolute Gasteiger partial charge is 0.307 e. The van der Waals surface area contributed by atoms with Crippen molar-refractivity contribution in [1.29, 1.82) is 0 Å². The number of benzene rings is 1. The highest BCUT2D eigenvalue weighted by Crippen LogP contribution is 2.44. The summed E-state index contributed by atoms with van der Waals surface area (Å²) in [6.07, 6.45) is -0.581. The molecule has 1 aromatic carbocycles. The largest absolute Gasteiger partial charge is 0.496 e. The van der Waals surface area contributed by atoms with Gasteiger partial charge in [0.2, 0.25) is 0 Å². The summed E-state index contributed by atoms with van der Waals surface area (Å²) in [6.45, 7) is 1.45. The van der Waals surface area contributed by atoms with E-state index < -0.39 is 18.0 Å². The van der Waals surface area contributed by atoms with Crippen molar-refractivity contribution < 1.29 is 28.5 Å². The molecule has 2 rings (SSSR count). The molecular weight excluding hydrogens is 276 g/mol. The lowest BCUT2D eigenvalue weighted by atomic mass is 9.91. The Morgan fingerprint density at radius 2 is 1.67 bits per heavy atom. The summed E-state index contributed by atoms with van der Waals surface area (Å²) >= 11 is 0. The average Bonchev–Trinajstić information content (AvgIpc) is 2.87. The first-order valence-corrected chi connectivity index (χ1v) is 6.51. The number of ketones is 1. The van der Waals surface area contributed by atoms with Crippen LogP contribution in [0.1, 0.15) is 25.0 Å². The molecular formula is C15H18O6. The second kappa shape index (κ2) is 6.03. The lowest BCUT2D eigenvalue weighted by Gasteiger charge is -2.20. The number of hydrogen-bond donors (Lipinski definition) is 0. The number of Topliss-reactive ketones (excluding diaryl/α,β-unsaturated/α-hetero) is 1. The topological polar surface area (TPSA) is 71.1 Å². The number of carbonyl (C=O) groups is 2. The first-order valence-electron chi connectivity index (χ1n) is 6.51. The van der Waals surface area contributed by atoms with Crippen LogP contribution in [0.3, 0.4) is 0 Å². The van der Waals surface area contributed by atoms with Crippen LogP contribution in [0.25, 0.3) is 0 Å². The quantitative estimate of drug-likeness (QED) is 0.772. The standard InChI is InChI=1S/C15H18O6/c1-8(16)9-6-14(17)21-15(9)10-5-12(19-3)13(20-4)7-11(10)18-2/h5,7,9,15H,6H2,1-4H3/t9-,15+/m1/s1. The normalized spacial score (nSPS) is 20.9. The van der Waals surface area contributed by atoms with Crippen LogP contribution in [0.2, 0.25) is 0 Å². The minimum Gasteiger partial charge on any atom is -0.496 e. The summed E-state index contributed by atoms with van der Waals surface area (Å²) in [6, 6.07) is 3.33. The van der Waals surface area contributed by atoms with Crippen molar-refractivity contribution in [1.82, 2.24) is 0 Å². The van der Waals surface area contributed by atoms with Gasteiger partial charge in [-0.25, -0.2) is 0 Å². The number of rotatable bonds is 5. The van der Waals surface area contributed by atoms with Gasteiger partial charge in [0.1, 0.15) is 17.6 Å². The van der Waals surface area contributed by atoms with Crippen LogP contribution in [0.15, 0.2) is 12.1 Å². The predicted octanol–water partition coefficient (Wildman–Crippen LogP) is 1.91. The van der Waals surface area contributed by atoms with Gasteiger partial charge in [0.05, 0.1) is 33.7 Å². The highest BCUT2D eigenvalue weighted by Gasteiger charge is 2.40. The van der Waals surface area contributed by atoms with Crippen LogP contribution < -0.4 is 14.2 Å². The van der Waals surface area contributed by atoms with E-state index in [1.807, 2.05) is 0 Å². The zero-order valence-corrected chi connectivity index (χ0v) is 12.5. The Labute approximate surface area is 122 Å². The van der Waals surface area contributed by atoms with Crippen molar-refractivity contribution >= 4 is 11.8 Å². The van der Waals surface area contributed by atoms with Gasteiger partial charge in [-0.3, -0.25) is 9.59 Å². The van der Waals surface area contributed by atoms with Crippen LogP contribution >= 0.6 is 0 Å². The summed E-state index contributed by atoms with van der Waals surface area (Å²) in [7, 11) is 4.53. The third-order valence-electron chi connectivity index (χ3n) is 3.58. The average molecular weight is 294 g/mol. The minimum absolute atomic E-state index is 0.0809. The Morgan fingerprint density at radius 1 is 1.10 bits per heavy atom. The van der Waals surface area contributed by atoms with Crippen molar-refractivity contribution in [2.24, 2.45) is 5.92 Å². The SMILES string of the molecule is COc1cc(OC)c([C@H]2OC(=O)C[C@@H]2C(C)=O)cc1OC. The van der Waals surface area contributed by atoms with Gasteiger partial charge in [-0.15, -0.1) is 0 Å². The van der Waals surface area contributed by atoms with Gasteiger partial charge in [0.25, 0.3) is 0 Å². The Hall–Kier alpha value is -2.24. The van der Waals surface area contributed by atoms with Gasteiger partial charge < -0.3 is 18.9 Å². The molecule has 0 saturated carbocycles. The number of carbonyl (C=O) groups excluding carboxylic acids is 2. The third-order valence-corrected chi connectivity index (χ3v) is 3.58. The van der Waals surface area contributed by atoms with Crippen molar-refractivity contribution in [3.63, 3.8) is 0 Å².